The van der Waals surface area contributed by atoms with Gasteiger partial charge in [-0.05, 0) is 37.9 Å². The van der Waals surface area contributed by atoms with Crippen molar-refractivity contribution in [1.82, 2.24) is 0 Å². The van der Waals surface area contributed by atoms with Crippen LogP contribution in [0.4, 0.5) is 0 Å². The number of rotatable bonds is 1. The molecule has 2 rings (SSSR count). The van der Waals surface area contributed by atoms with Gasteiger partial charge in [-0.2, -0.15) is 0 Å². The maximum absolute atomic E-state index is 6.20. The average Bonchev–Trinajstić information content (AvgIpc) is 2.76. The summed E-state index contributed by atoms with van der Waals surface area (Å²) in [5, 5.41) is 0. The van der Waals surface area contributed by atoms with E-state index in [4.69, 9.17) is 4.65 Å². The highest BCUT2D eigenvalue weighted by atomic mass is 16.5. The van der Waals surface area contributed by atoms with Crippen LogP contribution in [0.1, 0.15) is 41.0 Å². The van der Waals surface area contributed by atoms with Crippen molar-refractivity contribution in [3.05, 3.63) is 12.1 Å². The van der Waals surface area contributed by atoms with Crippen molar-refractivity contribution in [3.8, 4) is 0 Å². The van der Waals surface area contributed by atoms with E-state index in [-0.39, 0.29) is 5.60 Å². The highest BCUT2D eigenvalue weighted by molar-refractivity contribution is 6.63. The van der Waals surface area contributed by atoms with Crippen LogP contribution in [-0.2, 0) is 4.65 Å². The van der Waals surface area contributed by atoms with Gasteiger partial charge >= 0.3 is 6.92 Å². The number of hydrogen-bond donors (Lipinski definition) is 0. The SMILES string of the molecule is C=C(C)B1OC(C)(C)C(C)(C)C2CC12. The maximum atomic E-state index is 6.20. The van der Waals surface area contributed by atoms with Crippen LogP contribution < -0.4 is 0 Å². The van der Waals surface area contributed by atoms with Gasteiger partial charge < -0.3 is 4.65 Å². The van der Waals surface area contributed by atoms with Gasteiger partial charge in [0.25, 0.3) is 0 Å². The molecule has 1 aliphatic heterocycles. The number of hydrogen-bond acceptors (Lipinski definition) is 1. The molecule has 1 nitrogen and oxygen atoms in total. The molecule has 0 spiro atoms. The van der Waals surface area contributed by atoms with Crippen molar-refractivity contribution in [2.75, 3.05) is 0 Å². The first kappa shape index (κ1) is 10.3. The second kappa shape index (κ2) is 2.66. The predicted octanol–water partition coefficient (Wildman–Crippen LogP) is 3.32. The van der Waals surface area contributed by atoms with Crippen LogP contribution in [0.3, 0.4) is 0 Å². The fourth-order valence-corrected chi connectivity index (χ4v) is 2.85. The fraction of sp³-hybridized carbons (Fsp3) is 0.833. The van der Waals surface area contributed by atoms with E-state index >= 15 is 0 Å². The molecule has 0 aromatic carbocycles. The summed E-state index contributed by atoms with van der Waals surface area (Å²) in [5.41, 5.74) is 1.49. The van der Waals surface area contributed by atoms with Crippen molar-refractivity contribution in [3.63, 3.8) is 0 Å². The van der Waals surface area contributed by atoms with Gasteiger partial charge in [-0.3, -0.25) is 0 Å². The highest BCUT2D eigenvalue weighted by Gasteiger charge is 2.63. The Labute approximate surface area is 88.0 Å². The molecule has 1 aliphatic carbocycles. The Morgan fingerprint density at radius 2 is 1.93 bits per heavy atom. The molecule has 1 heterocycles. The first-order valence-corrected chi connectivity index (χ1v) is 5.60. The van der Waals surface area contributed by atoms with Crippen molar-refractivity contribution in [2.45, 2.75) is 52.5 Å². The van der Waals surface area contributed by atoms with Gasteiger partial charge in [0.15, 0.2) is 0 Å². The molecule has 0 aromatic heterocycles. The van der Waals surface area contributed by atoms with E-state index in [2.05, 4.69) is 41.2 Å². The topological polar surface area (TPSA) is 9.23 Å². The van der Waals surface area contributed by atoms with Crippen molar-refractivity contribution in [1.29, 1.82) is 0 Å². The molecule has 1 saturated carbocycles. The van der Waals surface area contributed by atoms with E-state index in [1.165, 1.54) is 11.9 Å². The molecule has 2 aliphatic rings. The molecule has 2 atom stereocenters. The van der Waals surface area contributed by atoms with E-state index in [1.54, 1.807) is 0 Å². The van der Waals surface area contributed by atoms with Gasteiger partial charge in [-0.1, -0.05) is 25.7 Å². The Balaban J connectivity index is 2.26. The molecule has 0 radical (unpaired) electrons. The molecule has 2 unspecified atom stereocenters. The third-order valence-corrected chi connectivity index (χ3v) is 4.61. The molecule has 0 aromatic rings. The van der Waals surface area contributed by atoms with E-state index < -0.39 is 0 Å². The fourth-order valence-electron chi connectivity index (χ4n) is 2.85. The summed E-state index contributed by atoms with van der Waals surface area (Å²) in [6, 6.07) is 0. The first-order chi connectivity index (χ1) is 6.27. The molecule has 78 valence electrons. The Morgan fingerprint density at radius 3 is 2.43 bits per heavy atom. The molecule has 0 bridgehead atoms. The summed E-state index contributed by atoms with van der Waals surface area (Å²) >= 11 is 0. The zero-order valence-corrected chi connectivity index (χ0v) is 10.1. The van der Waals surface area contributed by atoms with Crippen molar-refractivity contribution in [2.24, 2.45) is 11.3 Å². The summed E-state index contributed by atoms with van der Waals surface area (Å²) < 4.78 is 6.20. The van der Waals surface area contributed by atoms with Gasteiger partial charge in [0, 0.05) is 0 Å². The Hall–Kier alpha value is -0.235. The molecule has 2 heteroatoms. The smallest absolute Gasteiger partial charge is 0.325 e. The summed E-state index contributed by atoms with van der Waals surface area (Å²) in [6.07, 6.45) is 1.33. The van der Waals surface area contributed by atoms with Gasteiger partial charge in [0.2, 0.25) is 0 Å². The van der Waals surface area contributed by atoms with Crippen LogP contribution in [-0.4, -0.2) is 12.5 Å². The zero-order chi connectivity index (χ0) is 10.7. The number of allylic oxidation sites excluding steroid dienone is 1. The third kappa shape index (κ3) is 1.20. The minimum atomic E-state index is -0.0196. The van der Waals surface area contributed by atoms with Crippen molar-refractivity contribution < 1.29 is 4.65 Å². The second-order valence-corrected chi connectivity index (χ2v) is 6.12. The average molecular weight is 192 g/mol. The minimum absolute atomic E-state index is 0.0196. The largest absolute Gasteiger partial charge is 0.426 e. The van der Waals surface area contributed by atoms with E-state index in [0.717, 1.165) is 11.7 Å². The quantitative estimate of drug-likeness (QED) is 0.579. The summed E-state index contributed by atoms with van der Waals surface area (Å²) in [5.74, 6) is 1.59. The van der Waals surface area contributed by atoms with Gasteiger partial charge in [0.05, 0.1) is 5.60 Å². The summed E-state index contributed by atoms with van der Waals surface area (Å²) in [4.78, 5) is 0. The molecular weight excluding hydrogens is 171 g/mol. The van der Waals surface area contributed by atoms with Crippen LogP contribution in [0.2, 0.25) is 5.82 Å². The molecule has 0 amide bonds. The van der Waals surface area contributed by atoms with Crippen LogP contribution in [0.25, 0.3) is 0 Å². The minimum Gasteiger partial charge on any atom is -0.426 e. The predicted molar refractivity (Wildman–Crippen MR) is 61.4 cm³/mol. The zero-order valence-electron chi connectivity index (χ0n) is 10.1. The molecule has 1 saturated heterocycles. The molecule has 0 N–H and O–H groups in total. The first-order valence-electron chi connectivity index (χ1n) is 5.60. The van der Waals surface area contributed by atoms with Crippen molar-refractivity contribution >= 4 is 6.92 Å². The van der Waals surface area contributed by atoms with Crippen LogP contribution in [0.15, 0.2) is 12.1 Å². The van der Waals surface area contributed by atoms with Gasteiger partial charge in [0.1, 0.15) is 0 Å². The third-order valence-electron chi connectivity index (χ3n) is 4.61. The number of fused-ring (bicyclic) bond motifs is 1. The molecule has 14 heavy (non-hydrogen) atoms. The lowest BCUT2D eigenvalue weighted by Gasteiger charge is -2.48. The maximum Gasteiger partial charge on any atom is 0.325 e. The van der Waals surface area contributed by atoms with Gasteiger partial charge in [-0.15, -0.1) is 6.58 Å². The Morgan fingerprint density at radius 1 is 1.36 bits per heavy atom. The highest BCUT2D eigenvalue weighted by Crippen LogP contribution is 2.65. The lowest BCUT2D eigenvalue weighted by Crippen LogP contribution is -2.51. The summed E-state index contributed by atoms with van der Waals surface area (Å²) in [6.45, 7) is 15.6. The molecular formula is C12H21BO. The van der Waals surface area contributed by atoms with E-state index in [9.17, 15) is 0 Å². The van der Waals surface area contributed by atoms with E-state index in [0.29, 0.717) is 12.3 Å². The Bertz CT molecular complexity index is 280. The van der Waals surface area contributed by atoms with Crippen LogP contribution in [0.5, 0.6) is 0 Å². The molecule has 2 fully saturated rings. The van der Waals surface area contributed by atoms with Gasteiger partial charge in [-0.25, -0.2) is 0 Å². The summed E-state index contributed by atoms with van der Waals surface area (Å²) in [7, 11) is 0. The van der Waals surface area contributed by atoms with Crippen LogP contribution >= 0.6 is 0 Å². The monoisotopic (exact) mass is 192 g/mol. The second-order valence-electron chi connectivity index (χ2n) is 6.12. The normalized spacial score (nSPS) is 37.6. The van der Waals surface area contributed by atoms with E-state index in [1.807, 2.05) is 0 Å². The Kier molecular flexibility index (Phi) is 1.96. The standard InChI is InChI=1S/C12H21BO/c1-8(2)13-10-7-9(10)11(3,4)12(5,6)14-13/h9-10H,1,7H2,2-6H3. The lowest BCUT2D eigenvalue weighted by molar-refractivity contribution is -0.0407. The lowest BCUT2D eigenvalue weighted by atomic mass is 9.50. The van der Waals surface area contributed by atoms with Crippen LogP contribution in [0, 0.1) is 11.3 Å².